The number of hydrogen-bond acceptors (Lipinski definition) is 3. The van der Waals surface area contributed by atoms with Gasteiger partial charge in [-0.15, -0.1) is 11.3 Å². The quantitative estimate of drug-likeness (QED) is 0.878. The number of urea groups is 1. The first-order valence-electron chi connectivity index (χ1n) is 4.89. The fourth-order valence-electron chi connectivity index (χ4n) is 1.24. The minimum atomic E-state index is -0.276. The SMILES string of the molecule is CNC(=O)Nc1nc(-c2ccc(Cl)cc2)cs1. The molecule has 0 saturated heterocycles. The number of anilines is 1. The number of halogens is 1. The van der Waals surface area contributed by atoms with Crippen molar-refractivity contribution >= 4 is 34.1 Å². The van der Waals surface area contributed by atoms with E-state index in [1.54, 1.807) is 7.05 Å². The van der Waals surface area contributed by atoms with Crippen LogP contribution in [-0.4, -0.2) is 18.1 Å². The van der Waals surface area contributed by atoms with Crippen LogP contribution >= 0.6 is 22.9 Å². The molecule has 2 rings (SSSR count). The molecule has 0 bridgehead atoms. The monoisotopic (exact) mass is 267 g/mol. The van der Waals surface area contributed by atoms with Gasteiger partial charge in [-0.05, 0) is 12.1 Å². The molecule has 0 unspecified atom stereocenters. The van der Waals surface area contributed by atoms with Gasteiger partial charge in [-0.25, -0.2) is 9.78 Å². The first-order valence-corrected chi connectivity index (χ1v) is 6.15. The molecule has 2 N–H and O–H groups in total. The number of nitrogens with one attached hydrogen (secondary N) is 2. The van der Waals surface area contributed by atoms with E-state index >= 15 is 0 Å². The summed E-state index contributed by atoms with van der Waals surface area (Å²) in [6.45, 7) is 0. The van der Waals surface area contributed by atoms with Crippen LogP contribution in [0.2, 0.25) is 5.02 Å². The van der Waals surface area contributed by atoms with Crippen LogP contribution in [0, 0.1) is 0 Å². The molecule has 0 atom stereocenters. The smallest absolute Gasteiger partial charge is 0.320 e. The largest absolute Gasteiger partial charge is 0.341 e. The molecule has 1 aromatic carbocycles. The van der Waals surface area contributed by atoms with Crippen molar-refractivity contribution in [2.24, 2.45) is 0 Å². The van der Waals surface area contributed by atoms with E-state index < -0.39 is 0 Å². The molecule has 4 nitrogen and oxygen atoms in total. The lowest BCUT2D eigenvalue weighted by Gasteiger charge is -1.98. The van der Waals surface area contributed by atoms with E-state index in [9.17, 15) is 4.79 Å². The maximum Gasteiger partial charge on any atom is 0.320 e. The number of thiazole rings is 1. The summed E-state index contributed by atoms with van der Waals surface area (Å²) in [5.74, 6) is 0. The van der Waals surface area contributed by atoms with Gasteiger partial charge < -0.3 is 5.32 Å². The van der Waals surface area contributed by atoms with Crippen molar-refractivity contribution in [1.82, 2.24) is 10.3 Å². The molecule has 1 heterocycles. The minimum Gasteiger partial charge on any atom is -0.341 e. The average molecular weight is 268 g/mol. The summed E-state index contributed by atoms with van der Waals surface area (Å²) in [6, 6.07) is 7.12. The summed E-state index contributed by atoms with van der Waals surface area (Å²) in [5, 5.41) is 8.23. The summed E-state index contributed by atoms with van der Waals surface area (Å²) < 4.78 is 0. The Morgan fingerprint density at radius 3 is 2.71 bits per heavy atom. The van der Waals surface area contributed by atoms with Gasteiger partial charge in [-0.1, -0.05) is 23.7 Å². The zero-order chi connectivity index (χ0) is 12.3. The highest BCUT2D eigenvalue weighted by Gasteiger charge is 2.06. The molecule has 6 heteroatoms. The van der Waals surface area contributed by atoms with E-state index in [0.29, 0.717) is 10.2 Å². The molecular weight excluding hydrogens is 258 g/mol. The molecule has 0 saturated carbocycles. The molecule has 2 amide bonds. The van der Waals surface area contributed by atoms with Crippen molar-refractivity contribution in [2.45, 2.75) is 0 Å². The van der Waals surface area contributed by atoms with E-state index in [1.165, 1.54) is 11.3 Å². The molecular formula is C11H10ClN3OS. The van der Waals surface area contributed by atoms with Crippen molar-refractivity contribution < 1.29 is 4.79 Å². The normalized spacial score (nSPS) is 10.0. The van der Waals surface area contributed by atoms with Crippen LogP contribution in [0.25, 0.3) is 11.3 Å². The summed E-state index contributed by atoms with van der Waals surface area (Å²) >= 11 is 7.19. The lowest BCUT2D eigenvalue weighted by molar-refractivity contribution is 0.254. The van der Waals surface area contributed by atoms with Gasteiger partial charge in [0.2, 0.25) is 0 Å². The maximum absolute atomic E-state index is 11.1. The van der Waals surface area contributed by atoms with Gasteiger partial charge in [-0.3, -0.25) is 5.32 Å². The third-order valence-corrected chi connectivity index (χ3v) is 3.10. The molecule has 88 valence electrons. The molecule has 0 aliphatic carbocycles. The summed E-state index contributed by atoms with van der Waals surface area (Å²) in [4.78, 5) is 15.4. The van der Waals surface area contributed by atoms with Crippen LogP contribution in [0.5, 0.6) is 0 Å². The molecule has 0 fully saturated rings. The third kappa shape index (κ3) is 2.95. The van der Waals surface area contributed by atoms with E-state index in [-0.39, 0.29) is 6.03 Å². The van der Waals surface area contributed by atoms with Crippen LogP contribution in [-0.2, 0) is 0 Å². The number of carbonyl (C=O) groups is 1. The molecule has 1 aromatic heterocycles. The summed E-state index contributed by atoms with van der Waals surface area (Å²) in [7, 11) is 1.56. The number of rotatable bonds is 2. The van der Waals surface area contributed by atoms with Gasteiger partial charge in [0.05, 0.1) is 5.69 Å². The van der Waals surface area contributed by atoms with Crippen LogP contribution in [0.1, 0.15) is 0 Å². The van der Waals surface area contributed by atoms with Gasteiger partial charge >= 0.3 is 6.03 Å². The lowest BCUT2D eigenvalue weighted by atomic mass is 10.2. The van der Waals surface area contributed by atoms with E-state index in [0.717, 1.165) is 11.3 Å². The first kappa shape index (κ1) is 11.9. The second-order valence-corrected chi connectivity index (χ2v) is 4.54. The van der Waals surface area contributed by atoms with Gasteiger partial charge in [0.15, 0.2) is 5.13 Å². The number of amides is 2. The number of hydrogen-bond donors (Lipinski definition) is 2. The van der Waals surface area contributed by atoms with Crippen LogP contribution in [0.4, 0.5) is 9.93 Å². The van der Waals surface area contributed by atoms with Gasteiger partial charge in [0, 0.05) is 23.0 Å². The molecule has 17 heavy (non-hydrogen) atoms. The van der Waals surface area contributed by atoms with Crippen molar-refractivity contribution in [2.75, 3.05) is 12.4 Å². The zero-order valence-electron chi connectivity index (χ0n) is 9.03. The second kappa shape index (κ2) is 5.16. The predicted molar refractivity (Wildman–Crippen MR) is 70.6 cm³/mol. The Balaban J connectivity index is 2.18. The average Bonchev–Trinajstić information content (AvgIpc) is 2.78. The Morgan fingerprint density at radius 2 is 2.06 bits per heavy atom. The van der Waals surface area contributed by atoms with Gasteiger partial charge in [0.1, 0.15) is 0 Å². The lowest BCUT2D eigenvalue weighted by Crippen LogP contribution is -2.24. The zero-order valence-corrected chi connectivity index (χ0v) is 10.6. The molecule has 0 aliphatic heterocycles. The minimum absolute atomic E-state index is 0.276. The van der Waals surface area contributed by atoms with E-state index in [4.69, 9.17) is 11.6 Å². The Kier molecular flexibility index (Phi) is 3.61. The summed E-state index contributed by atoms with van der Waals surface area (Å²) in [6.07, 6.45) is 0. The standard InChI is InChI=1S/C11H10ClN3OS/c1-13-10(16)15-11-14-9(6-17-11)7-2-4-8(12)5-3-7/h2-6H,1H3,(H2,13,14,15,16). The predicted octanol–water partition coefficient (Wildman–Crippen LogP) is 3.21. The number of aromatic nitrogens is 1. The second-order valence-electron chi connectivity index (χ2n) is 3.25. The molecule has 0 aliphatic rings. The third-order valence-electron chi connectivity index (χ3n) is 2.09. The van der Waals surface area contributed by atoms with Crippen molar-refractivity contribution in [3.63, 3.8) is 0 Å². The van der Waals surface area contributed by atoms with Crippen LogP contribution in [0.15, 0.2) is 29.6 Å². The Labute approximate surface area is 108 Å². The van der Waals surface area contributed by atoms with Crippen molar-refractivity contribution in [3.05, 3.63) is 34.7 Å². The fourth-order valence-corrected chi connectivity index (χ4v) is 2.08. The molecule has 2 aromatic rings. The Hall–Kier alpha value is -1.59. The maximum atomic E-state index is 11.1. The number of benzene rings is 1. The van der Waals surface area contributed by atoms with Gasteiger partial charge in [0.25, 0.3) is 0 Å². The van der Waals surface area contributed by atoms with E-state index in [1.807, 2.05) is 29.6 Å². The van der Waals surface area contributed by atoms with Crippen LogP contribution < -0.4 is 10.6 Å². The van der Waals surface area contributed by atoms with Crippen LogP contribution in [0.3, 0.4) is 0 Å². The number of carbonyl (C=O) groups excluding carboxylic acids is 1. The van der Waals surface area contributed by atoms with Crippen molar-refractivity contribution in [3.8, 4) is 11.3 Å². The highest BCUT2D eigenvalue weighted by Crippen LogP contribution is 2.25. The molecule has 0 spiro atoms. The number of nitrogens with zero attached hydrogens (tertiary/aromatic N) is 1. The van der Waals surface area contributed by atoms with Gasteiger partial charge in [-0.2, -0.15) is 0 Å². The fraction of sp³-hybridized carbons (Fsp3) is 0.0909. The Morgan fingerprint density at radius 1 is 1.35 bits per heavy atom. The first-order chi connectivity index (χ1) is 8.19. The highest BCUT2D eigenvalue weighted by atomic mass is 35.5. The Bertz CT molecular complexity index is 524. The van der Waals surface area contributed by atoms with E-state index in [2.05, 4.69) is 15.6 Å². The summed E-state index contributed by atoms with van der Waals surface area (Å²) in [5.41, 5.74) is 1.79. The highest BCUT2D eigenvalue weighted by molar-refractivity contribution is 7.14. The van der Waals surface area contributed by atoms with Crippen molar-refractivity contribution in [1.29, 1.82) is 0 Å². The molecule has 0 radical (unpaired) electrons. The topological polar surface area (TPSA) is 54.0 Å².